The van der Waals surface area contributed by atoms with Crippen LogP contribution in [0.2, 0.25) is 5.02 Å². The van der Waals surface area contributed by atoms with Gasteiger partial charge >= 0.3 is 5.97 Å². The van der Waals surface area contributed by atoms with Gasteiger partial charge in [-0.15, -0.1) is 13.2 Å². The zero-order valence-corrected chi connectivity index (χ0v) is 26.3. The van der Waals surface area contributed by atoms with Crippen LogP contribution < -0.4 is 4.90 Å². The Kier molecular flexibility index (Phi) is 9.08. The third kappa shape index (κ3) is 5.07. The summed E-state index contributed by atoms with van der Waals surface area (Å²) in [6, 6.07) is 13.0. The molecule has 0 aromatic heterocycles. The Bertz CT molecular complexity index is 1430. The van der Waals surface area contributed by atoms with Crippen LogP contribution >= 0.6 is 11.6 Å². The summed E-state index contributed by atoms with van der Waals surface area (Å²) in [5.41, 5.74) is -0.142. The monoisotopic (exact) mass is 620 g/mol. The van der Waals surface area contributed by atoms with Crippen LogP contribution in [0.1, 0.15) is 37.8 Å². The number of esters is 1. The van der Waals surface area contributed by atoms with Crippen molar-refractivity contribution in [3.63, 3.8) is 0 Å². The lowest BCUT2D eigenvalue weighted by atomic mass is 9.62. The van der Waals surface area contributed by atoms with Crippen LogP contribution in [-0.2, 0) is 30.3 Å². The molecule has 234 valence electrons. The number of carbonyl (C=O) groups is 3. The van der Waals surface area contributed by atoms with Gasteiger partial charge < -0.3 is 24.4 Å². The fourth-order valence-corrected chi connectivity index (χ4v) is 8.03. The molecule has 3 aliphatic heterocycles. The Morgan fingerprint density at radius 3 is 2.57 bits per heavy atom. The van der Waals surface area contributed by atoms with Crippen molar-refractivity contribution in [2.24, 2.45) is 17.8 Å². The molecule has 3 heterocycles. The number of hydrogen-bond donors (Lipinski definition) is 1. The van der Waals surface area contributed by atoms with Crippen LogP contribution in [0.25, 0.3) is 0 Å². The summed E-state index contributed by atoms with van der Waals surface area (Å²) >= 11 is 6.68. The first-order valence-electron chi connectivity index (χ1n) is 15.2. The van der Waals surface area contributed by atoms with Crippen molar-refractivity contribution in [3.05, 3.63) is 90.0 Å². The second kappa shape index (κ2) is 12.5. The summed E-state index contributed by atoms with van der Waals surface area (Å²) in [6.45, 7) is 13.1. The number of aliphatic hydroxyl groups excluding tert-OH is 1. The van der Waals surface area contributed by atoms with Crippen molar-refractivity contribution < 1.29 is 29.0 Å². The molecule has 5 rings (SSSR count). The van der Waals surface area contributed by atoms with Crippen LogP contribution in [0, 0.1) is 24.7 Å². The first kappa shape index (κ1) is 31.9. The maximum atomic E-state index is 15.0. The molecule has 8 nitrogen and oxygen atoms in total. The van der Waals surface area contributed by atoms with Crippen molar-refractivity contribution >= 4 is 35.1 Å². The maximum Gasteiger partial charge on any atom is 0.312 e. The summed E-state index contributed by atoms with van der Waals surface area (Å²) in [4.78, 5) is 46.5. The summed E-state index contributed by atoms with van der Waals surface area (Å²) in [7, 11) is 0. The second-order valence-corrected chi connectivity index (χ2v) is 12.8. The number of benzene rings is 2. The number of amides is 2. The van der Waals surface area contributed by atoms with Crippen molar-refractivity contribution in [2.75, 3.05) is 24.7 Å². The number of anilines is 1. The molecule has 7 atom stereocenters. The summed E-state index contributed by atoms with van der Waals surface area (Å²) in [5.74, 6) is -3.36. The van der Waals surface area contributed by atoms with Crippen LogP contribution in [-0.4, -0.2) is 70.8 Å². The summed E-state index contributed by atoms with van der Waals surface area (Å²) in [5, 5.41) is 11.1. The van der Waals surface area contributed by atoms with E-state index in [1.54, 1.807) is 23.1 Å². The predicted molar refractivity (Wildman–Crippen MR) is 169 cm³/mol. The minimum absolute atomic E-state index is 0.130. The Morgan fingerprint density at radius 2 is 1.93 bits per heavy atom. The molecule has 3 unspecified atom stereocenters. The van der Waals surface area contributed by atoms with Gasteiger partial charge in [-0.25, -0.2) is 0 Å². The second-order valence-electron chi connectivity index (χ2n) is 12.4. The van der Waals surface area contributed by atoms with E-state index < -0.39 is 52.9 Å². The normalized spacial score (nSPS) is 29.3. The Morgan fingerprint density at radius 1 is 1.20 bits per heavy atom. The van der Waals surface area contributed by atoms with E-state index in [0.29, 0.717) is 30.0 Å². The van der Waals surface area contributed by atoms with E-state index >= 15 is 4.79 Å². The zero-order chi connectivity index (χ0) is 31.8. The molecule has 2 aromatic rings. The highest BCUT2D eigenvalue weighted by molar-refractivity contribution is 6.34. The molecule has 3 saturated heterocycles. The number of para-hydroxylation sites is 1. The Labute approximate surface area is 264 Å². The quantitative estimate of drug-likeness (QED) is 0.206. The van der Waals surface area contributed by atoms with Gasteiger partial charge in [0.25, 0.3) is 5.91 Å². The number of rotatable bonds is 12. The largest absolute Gasteiger partial charge is 0.465 e. The Balaban J connectivity index is 1.66. The van der Waals surface area contributed by atoms with Crippen LogP contribution in [0.3, 0.4) is 0 Å². The van der Waals surface area contributed by atoms with Crippen LogP contribution in [0.5, 0.6) is 0 Å². The molecule has 0 radical (unpaired) electrons. The van der Waals surface area contributed by atoms with Gasteiger partial charge in [-0.1, -0.05) is 73.1 Å². The van der Waals surface area contributed by atoms with Gasteiger partial charge in [0, 0.05) is 6.54 Å². The predicted octanol–water partition coefficient (Wildman–Crippen LogP) is 4.90. The molecule has 1 N–H and O–H groups in total. The molecule has 0 saturated carbocycles. The van der Waals surface area contributed by atoms with E-state index in [4.69, 9.17) is 21.1 Å². The van der Waals surface area contributed by atoms with Crippen molar-refractivity contribution in [1.82, 2.24) is 4.90 Å². The van der Waals surface area contributed by atoms with Gasteiger partial charge in [0.1, 0.15) is 17.6 Å². The zero-order valence-electron chi connectivity index (χ0n) is 25.6. The number of nitrogens with zero attached hydrogens (tertiary/aromatic N) is 2. The van der Waals surface area contributed by atoms with E-state index in [9.17, 15) is 14.7 Å². The van der Waals surface area contributed by atoms with Gasteiger partial charge in [-0.2, -0.15) is 0 Å². The van der Waals surface area contributed by atoms with Crippen molar-refractivity contribution in [1.29, 1.82) is 0 Å². The molecule has 9 heteroatoms. The molecule has 44 heavy (non-hydrogen) atoms. The lowest BCUT2D eigenvalue weighted by molar-refractivity contribution is -0.162. The first-order valence-corrected chi connectivity index (χ1v) is 15.6. The number of hydrogen-bond acceptors (Lipinski definition) is 6. The average molecular weight is 621 g/mol. The van der Waals surface area contributed by atoms with Gasteiger partial charge in [0.05, 0.1) is 41.5 Å². The Hall–Kier alpha value is -3.46. The summed E-state index contributed by atoms with van der Waals surface area (Å²) in [6.07, 6.45) is 4.44. The lowest BCUT2D eigenvalue weighted by Crippen LogP contribution is -2.59. The maximum absolute atomic E-state index is 15.0. The standard InChI is InChI=1S/C35H41ClN2O6/c1-6-8-18-43-33(42)28-27-31(40)38(25(21-39)19-24-14-10-9-11-15-24)30(35(27)20-23(4)34(28,5)44-35)32(41)37(17-7-2)29-22(3)13-12-16-26(29)36/h6-7,9-16,23,25,27-28,30,39H,1-2,8,17-21H2,3-5H3/t23?,25-,27+,28+,30?,34-,35?/m1/s1. The highest BCUT2D eigenvalue weighted by atomic mass is 35.5. The fraction of sp³-hybridized carbons (Fsp3) is 0.457. The number of likely N-dealkylation sites (tertiary alicyclic amines) is 1. The van der Waals surface area contributed by atoms with Gasteiger partial charge in [-0.05, 0) is 56.2 Å². The molecule has 2 aromatic carbocycles. The van der Waals surface area contributed by atoms with Gasteiger partial charge in [-0.3, -0.25) is 14.4 Å². The van der Waals surface area contributed by atoms with E-state index in [1.165, 1.54) is 4.90 Å². The minimum atomic E-state index is -1.32. The fourth-order valence-electron chi connectivity index (χ4n) is 7.71. The molecule has 2 amide bonds. The highest BCUT2D eigenvalue weighted by Crippen LogP contribution is 2.66. The molecular formula is C35H41ClN2O6. The SMILES string of the molecule is C=CCCOC(=O)[C@@H]1[C@H]2C(=O)N([C@@H](CO)Cc3ccccc3)C(C(=O)N(CC=C)c3c(C)cccc3Cl)C23CC(C)[C@@]1(C)O3. The molecule has 3 fully saturated rings. The molecule has 1 spiro atoms. The molecular weight excluding hydrogens is 580 g/mol. The number of ether oxygens (including phenoxy) is 2. The van der Waals surface area contributed by atoms with E-state index in [0.717, 1.165) is 11.1 Å². The van der Waals surface area contributed by atoms with Crippen LogP contribution in [0.4, 0.5) is 5.69 Å². The topological polar surface area (TPSA) is 96.4 Å². The molecule has 2 bridgehead atoms. The highest BCUT2D eigenvalue weighted by Gasteiger charge is 2.80. The third-order valence-corrected chi connectivity index (χ3v) is 10.1. The van der Waals surface area contributed by atoms with Crippen molar-refractivity contribution in [2.45, 2.75) is 63.3 Å². The number of aliphatic hydroxyl groups is 1. The minimum Gasteiger partial charge on any atom is -0.465 e. The van der Waals surface area contributed by atoms with Crippen molar-refractivity contribution in [3.8, 4) is 0 Å². The number of halogens is 1. The molecule has 0 aliphatic carbocycles. The number of carbonyl (C=O) groups excluding carboxylic acids is 3. The number of fused-ring (bicyclic) bond motifs is 1. The number of aryl methyl sites for hydroxylation is 1. The molecule has 3 aliphatic rings. The third-order valence-electron chi connectivity index (χ3n) is 9.76. The smallest absolute Gasteiger partial charge is 0.312 e. The van der Waals surface area contributed by atoms with Gasteiger partial charge in [0.15, 0.2) is 0 Å². The van der Waals surface area contributed by atoms with E-state index in [1.807, 2.05) is 63.2 Å². The van der Waals surface area contributed by atoms with E-state index in [-0.39, 0.29) is 25.7 Å². The average Bonchev–Trinajstić information content (AvgIpc) is 3.52. The van der Waals surface area contributed by atoms with Gasteiger partial charge in [0.2, 0.25) is 5.91 Å². The summed E-state index contributed by atoms with van der Waals surface area (Å²) < 4.78 is 12.5. The first-order chi connectivity index (χ1) is 21.0. The lowest BCUT2D eigenvalue weighted by Gasteiger charge is -2.40. The van der Waals surface area contributed by atoms with Crippen LogP contribution in [0.15, 0.2) is 73.8 Å². The van der Waals surface area contributed by atoms with E-state index in [2.05, 4.69) is 13.2 Å².